The molecule has 1 atom stereocenters. The van der Waals surface area contributed by atoms with Crippen LogP contribution >= 0.6 is 12.4 Å². The summed E-state index contributed by atoms with van der Waals surface area (Å²) in [6.45, 7) is 8.50. The minimum atomic E-state index is -0.114. The number of aromatic nitrogens is 2. The van der Waals surface area contributed by atoms with Crippen LogP contribution in [0.15, 0.2) is 12.4 Å². The normalized spacial score (nSPS) is 12.8. The summed E-state index contributed by atoms with van der Waals surface area (Å²) in [5, 5.41) is 4.21. The van der Waals surface area contributed by atoms with Gasteiger partial charge in [-0.15, -0.1) is 12.4 Å². The van der Waals surface area contributed by atoms with Crippen LogP contribution in [-0.4, -0.2) is 40.2 Å². The zero-order chi connectivity index (χ0) is 13.2. The second-order valence-electron chi connectivity index (χ2n) is 5.35. The fraction of sp³-hybridized carbons (Fsp3) is 0.667. The van der Waals surface area contributed by atoms with Crippen molar-refractivity contribution in [3.05, 3.63) is 18.0 Å². The topological polar surface area (TPSA) is 64.2 Å². The standard InChI is InChI=1S/C12H22N4O.ClH/c1-9(6-13)15(5)11(17)10-7-14-16(8-10)12(2,3)4;/h7-9H,6,13H2,1-5H3;1H. The number of hydrogen-bond donors (Lipinski definition) is 1. The number of nitrogens with two attached hydrogens (primary N) is 1. The SMILES string of the molecule is CC(CN)N(C)C(=O)c1cnn(C(C)(C)C)c1.Cl. The highest BCUT2D eigenvalue weighted by Gasteiger charge is 2.20. The molecular weight excluding hydrogens is 252 g/mol. The molecule has 1 rings (SSSR count). The lowest BCUT2D eigenvalue weighted by Gasteiger charge is -2.23. The third-order valence-corrected chi connectivity index (χ3v) is 2.84. The average Bonchev–Trinajstić information content (AvgIpc) is 2.74. The maximum Gasteiger partial charge on any atom is 0.257 e. The van der Waals surface area contributed by atoms with Gasteiger partial charge in [0, 0.05) is 25.8 Å². The van der Waals surface area contributed by atoms with Crippen molar-refractivity contribution >= 4 is 18.3 Å². The van der Waals surface area contributed by atoms with E-state index < -0.39 is 0 Å². The van der Waals surface area contributed by atoms with Gasteiger partial charge in [-0.25, -0.2) is 0 Å². The summed E-state index contributed by atoms with van der Waals surface area (Å²) >= 11 is 0. The first-order valence-corrected chi connectivity index (χ1v) is 5.79. The van der Waals surface area contributed by atoms with Gasteiger partial charge >= 0.3 is 0 Å². The fourth-order valence-electron chi connectivity index (χ4n) is 1.36. The molecule has 6 heteroatoms. The highest BCUT2D eigenvalue weighted by atomic mass is 35.5. The number of likely N-dealkylation sites (N-methyl/N-ethyl adjacent to an activating group) is 1. The number of carbonyl (C=O) groups excluding carboxylic acids is 1. The predicted octanol–water partition coefficient (Wildman–Crippen LogP) is 1.48. The van der Waals surface area contributed by atoms with Crippen molar-refractivity contribution in [2.75, 3.05) is 13.6 Å². The van der Waals surface area contributed by atoms with Crippen molar-refractivity contribution in [1.82, 2.24) is 14.7 Å². The molecule has 104 valence electrons. The number of carbonyl (C=O) groups is 1. The average molecular weight is 275 g/mol. The quantitative estimate of drug-likeness (QED) is 0.908. The molecule has 5 nitrogen and oxygen atoms in total. The fourth-order valence-corrected chi connectivity index (χ4v) is 1.36. The van der Waals surface area contributed by atoms with Gasteiger partial charge in [-0.3, -0.25) is 9.48 Å². The van der Waals surface area contributed by atoms with Gasteiger partial charge in [0.15, 0.2) is 0 Å². The molecular formula is C12H23ClN4O. The summed E-state index contributed by atoms with van der Waals surface area (Å²) in [5.41, 5.74) is 6.03. The Hall–Kier alpha value is -1.07. The van der Waals surface area contributed by atoms with E-state index in [0.717, 1.165) is 0 Å². The number of halogens is 1. The van der Waals surface area contributed by atoms with E-state index >= 15 is 0 Å². The second kappa shape index (κ2) is 6.20. The Bertz CT molecular complexity index is 397. The maximum atomic E-state index is 12.1. The summed E-state index contributed by atoms with van der Waals surface area (Å²) in [5.74, 6) is -0.0431. The summed E-state index contributed by atoms with van der Waals surface area (Å²) in [7, 11) is 1.76. The van der Waals surface area contributed by atoms with E-state index in [-0.39, 0.29) is 29.9 Å². The van der Waals surface area contributed by atoms with Gasteiger partial charge in [-0.2, -0.15) is 5.10 Å². The lowest BCUT2D eigenvalue weighted by Crippen LogP contribution is -2.39. The molecule has 1 heterocycles. The van der Waals surface area contributed by atoms with E-state index in [1.165, 1.54) is 0 Å². The van der Waals surface area contributed by atoms with Crippen molar-refractivity contribution in [3.63, 3.8) is 0 Å². The lowest BCUT2D eigenvalue weighted by molar-refractivity contribution is 0.0748. The van der Waals surface area contributed by atoms with Crippen LogP contribution in [-0.2, 0) is 5.54 Å². The number of nitrogens with zero attached hydrogens (tertiary/aromatic N) is 3. The second-order valence-corrected chi connectivity index (χ2v) is 5.35. The van der Waals surface area contributed by atoms with Gasteiger partial charge in [-0.1, -0.05) is 0 Å². The van der Waals surface area contributed by atoms with Crippen LogP contribution in [0.2, 0.25) is 0 Å². The van der Waals surface area contributed by atoms with E-state index in [9.17, 15) is 4.79 Å². The zero-order valence-electron chi connectivity index (χ0n) is 11.7. The first-order valence-electron chi connectivity index (χ1n) is 5.79. The molecule has 0 saturated heterocycles. The van der Waals surface area contributed by atoms with Crippen LogP contribution in [0.3, 0.4) is 0 Å². The smallest absolute Gasteiger partial charge is 0.257 e. The molecule has 0 aliphatic heterocycles. The van der Waals surface area contributed by atoms with Gasteiger partial charge in [0.2, 0.25) is 0 Å². The Morgan fingerprint density at radius 1 is 1.56 bits per heavy atom. The molecule has 0 aliphatic rings. The zero-order valence-corrected chi connectivity index (χ0v) is 12.5. The molecule has 18 heavy (non-hydrogen) atoms. The summed E-state index contributed by atoms with van der Waals surface area (Å²) in [6.07, 6.45) is 3.38. The Morgan fingerprint density at radius 3 is 2.50 bits per heavy atom. The van der Waals surface area contributed by atoms with Gasteiger partial charge in [0.25, 0.3) is 5.91 Å². The molecule has 0 aliphatic carbocycles. The minimum Gasteiger partial charge on any atom is -0.338 e. The van der Waals surface area contributed by atoms with Gasteiger partial charge in [-0.05, 0) is 27.7 Å². The van der Waals surface area contributed by atoms with E-state index in [1.807, 2.05) is 27.7 Å². The highest BCUT2D eigenvalue weighted by Crippen LogP contribution is 2.14. The summed E-state index contributed by atoms with van der Waals surface area (Å²) in [4.78, 5) is 13.7. The molecule has 0 spiro atoms. The largest absolute Gasteiger partial charge is 0.338 e. The highest BCUT2D eigenvalue weighted by molar-refractivity contribution is 5.93. The molecule has 1 aromatic rings. The molecule has 1 unspecified atom stereocenters. The van der Waals surface area contributed by atoms with Crippen molar-refractivity contribution in [1.29, 1.82) is 0 Å². The van der Waals surface area contributed by atoms with Crippen LogP contribution in [0.1, 0.15) is 38.1 Å². The van der Waals surface area contributed by atoms with Crippen molar-refractivity contribution < 1.29 is 4.79 Å². The Labute approximate surface area is 115 Å². The molecule has 0 radical (unpaired) electrons. The third-order valence-electron chi connectivity index (χ3n) is 2.84. The van der Waals surface area contributed by atoms with Crippen LogP contribution in [0, 0.1) is 0 Å². The number of rotatable bonds is 3. The van der Waals surface area contributed by atoms with Gasteiger partial charge in [0.1, 0.15) is 0 Å². The van der Waals surface area contributed by atoms with Gasteiger partial charge < -0.3 is 10.6 Å². The maximum absolute atomic E-state index is 12.1. The Balaban J connectivity index is 0.00000289. The third kappa shape index (κ3) is 3.71. The van der Waals surface area contributed by atoms with E-state index in [1.54, 1.807) is 29.0 Å². The number of hydrogen-bond acceptors (Lipinski definition) is 3. The molecule has 0 aromatic carbocycles. The lowest BCUT2D eigenvalue weighted by atomic mass is 10.1. The van der Waals surface area contributed by atoms with Crippen LogP contribution in [0.5, 0.6) is 0 Å². The van der Waals surface area contributed by atoms with Crippen molar-refractivity contribution in [2.24, 2.45) is 5.73 Å². The van der Waals surface area contributed by atoms with E-state index in [4.69, 9.17) is 5.73 Å². The van der Waals surface area contributed by atoms with Crippen LogP contribution in [0.25, 0.3) is 0 Å². The first kappa shape index (κ1) is 16.9. The summed E-state index contributed by atoms with van der Waals surface area (Å²) < 4.78 is 1.79. The predicted molar refractivity (Wildman–Crippen MR) is 75.1 cm³/mol. The minimum absolute atomic E-state index is 0. The Kier molecular flexibility index (Phi) is 5.83. The molecule has 2 N–H and O–H groups in total. The summed E-state index contributed by atoms with van der Waals surface area (Å²) in [6, 6.07) is 0.0282. The molecule has 1 amide bonds. The van der Waals surface area contributed by atoms with E-state index in [0.29, 0.717) is 12.1 Å². The first-order chi connectivity index (χ1) is 7.77. The molecule has 0 saturated carbocycles. The molecule has 0 bridgehead atoms. The van der Waals surface area contributed by atoms with E-state index in [2.05, 4.69) is 5.10 Å². The van der Waals surface area contributed by atoms with Crippen LogP contribution in [0.4, 0.5) is 0 Å². The Morgan fingerprint density at radius 2 is 2.11 bits per heavy atom. The number of amides is 1. The van der Waals surface area contributed by atoms with Crippen molar-refractivity contribution in [2.45, 2.75) is 39.3 Å². The monoisotopic (exact) mass is 274 g/mol. The molecule has 0 fully saturated rings. The van der Waals surface area contributed by atoms with Crippen molar-refractivity contribution in [3.8, 4) is 0 Å². The molecule has 1 aromatic heterocycles. The van der Waals surface area contributed by atoms with Gasteiger partial charge in [0.05, 0.1) is 17.3 Å². The van der Waals surface area contributed by atoms with Crippen LogP contribution < -0.4 is 5.73 Å².